The lowest BCUT2D eigenvalue weighted by Crippen LogP contribution is -2.53. The molecule has 1 atom stereocenters. The molecule has 0 bridgehead atoms. The Morgan fingerprint density at radius 1 is 1.20 bits per heavy atom. The number of carbonyl (C=O) groups excluding carboxylic acids is 1. The molecule has 2 saturated heterocycles. The zero-order chi connectivity index (χ0) is 17.6. The van der Waals surface area contributed by atoms with Gasteiger partial charge in [-0.2, -0.15) is 0 Å². The topological polar surface area (TPSA) is 63.3 Å². The van der Waals surface area contributed by atoms with Gasteiger partial charge in [-0.15, -0.1) is 0 Å². The number of amides is 2. The van der Waals surface area contributed by atoms with E-state index in [-0.39, 0.29) is 6.03 Å². The van der Waals surface area contributed by atoms with Gasteiger partial charge < -0.3 is 24.4 Å². The number of hydrogen-bond acceptors (Lipinski definition) is 5. The normalized spacial score (nSPS) is 21.7. The van der Waals surface area contributed by atoms with Crippen molar-refractivity contribution in [3.8, 4) is 11.5 Å². The van der Waals surface area contributed by atoms with Gasteiger partial charge in [0.25, 0.3) is 0 Å². The summed E-state index contributed by atoms with van der Waals surface area (Å²) in [5, 5.41) is 2.97. The summed E-state index contributed by atoms with van der Waals surface area (Å²) in [5.74, 6) is 1.29. The highest BCUT2D eigenvalue weighted by Gasteiger charge is 2.29. The Labute approximate surface area is 148 Å². The number of rotatable bonds is 4. The number of nitrogens with one attached hydrogen (secondary N) is 1. The second-order valence-corrected chi connectivity index (χ2v) is 6.39. The van der Waals surface area contributed by atoms with Crippen LogP contribution in [0.5, 0.6) is 11.5 Å². The molecule has 3 rings (SSSR count). The largest absolute Gasteiger partial charge is 0.497 e. The average Bonchev–Trinajstić information content (AvgIpc) is 2.69. The Kier molecular flexibility index (Phi) is 5.99. The number of anilines is 1. The molecule has 0 aromatic heterocycles. The first kappa shape index (κ1) is 17.8. The van der Waals surface area contributed by atoms with Crippen LogP contribution >= 0.6 is 0 Å². The smallest absolute Gasteiger partial charge is 0.322 e. The van der Waals surface area contributed by atoms with Gasteiger partial charge in [0.2, 0.25) is 0 Å². The van der Waals surface area contributed by atoms with Crippen molar-refractivity contribution < 1.29 is 19.0 Å². The van der Waals surface area contributed by atoms with Crippen molar-refractivity contribution in [3.05, 3.63) is 18.2 Å². The molecule has 7 heteroatoms. The summed E-state index contributed by atoms with van der Waals surface area (Å²) in [6, 6.07) is 5.72. The van der Waals surface area contributed by atoms with E-state index in [9.17, 15) is 4.79 Å². The quantitative estimate of drug-likeness (QED) is 0.901. The third-order valence-corrected chi connectivity index (χ3v) is 4.90. The van der Waals surface area contributed by atoms with Crippen LogP contribution in [-0.4, -0.2) is 75.5 Å². The molecule has 138 valence electrons. The Balaban J connectivity index is 1.62. The van der Waals surface area contributed by atoms with Crippen LogP contribution in [0.25, 0.3) is 0 Å². The van der Waals surface area contributed by atoms with E-state index in [1.165, 1.54) is 0 Å². The number of carbonyl (C=O) groups is 1. The van der Waals surface area contributed by atoms with Crippen LogP contribution in [-0.2, 0) is 4.74 Å². The molecule has 1 aromatic carbocycles. The van der Waals surface area contributed by atoms with Crippen LogP contribution in [0.4, 0.5) is 10.5 Å². The molecular weight excluding hydrogens is 322 g/mol. The first-order valence-electron chi connectivity index (χ1n) is 8.81. The van der Waals surface area contributed by atoms with Crippen molar-refractivity contribution in [2.45, 2.75) is 18.9 Å². The van der Waals surface area contributed by atoms with Crippen LogP contribution in [0.15, 0.2) is 18.2 Å². The number of nitrogens with zero attached hydrogens (tertiary/aromatic N) is 2. The second kappa shape index (κ2) is 8.40. The fourth-order valence-corrected chi connectivity index (χ4v) is 3.48. The molecular formula is C18H27N3O4. The predicted octanol–water partition coefficient (Wildman–Crippen LogP) is 2.03. The lowest BCUT2D eigenvalue weighted by atomic mass is 10.0. The molecule has 2 fully saturated rings. The molecule has 2 amide bonds. The van der Waals surface area contributed by atoms with Crippen LogP contribution in [0, 0.1) is 0 Å². The molecule has 2 aliphatic heterocycles. The molecule has 2 heterocycles. The van der Waals surface area contributed by atoms with Gasteiger partial charge in [0, 0.05) is 38.3 Å². The van der Waals surface area contributed by atoms with Gasteiger partial charge in [-0.25, -0.2) is 4.79 Å². The highest BCUT2D eigenvalue weighted by molar-refractivity contribution is 5.91. The van der Waals surface area contributed by atoms with Crippen LogP contribution in [0.2, 0.25) is 0 Å². The molecule has 1 aromatic rings. The molecule has 0 radical (unpaired) electrons. The van der Waals surface area contributed by atoms with E-state index in [1.54, 1.807) is 26.4 Å². The van der Waals surface area contributed by atoms with Gasteiger partial charge >= 0.3 is 6.03 Å². The van der Waals surface area contributed by atoms with E-state index >= 15 is 0 Å². The summed E-state index contributed by atoms with van der Waals surface area (Å²) >= 11 is 0. The van der Waals surface area contributed by atoms with Crippen LogP contribution < -0.4 is 14.8 Å². The van der Waals surface area contributed by atoms with Gasteiger partial charge in [-0.1, -0.05) is 0 Å². The number of methoxy groups -OCH3 is 2. The zero-order valence-corrected chi connectivity index (χ0v) is 15.0. The second-order valence-electron chi connectivity index (χ2n) is 6.39. The lowest BCUT2D eigenvalue weighted by molar-refractivity contribution is 0.00248. The Morgan fingerprint density at radius 2 is 2.00 bits per heavy atom. The van der Waals surface area contributed by atoms with Gasteiger partial charge in [0.05, 0.1) is 33.1 Å². The number of benzene rings is 1. The summed E-state index contributed by atoms with van der Waals surface area (Å²) in [4.78, 5) is 17.0. The van der Waals surface area contributed by atoms with Crippen molar-refractivity contribution in [2.75, 3.05) is 58.9 Å². The van der Waals surface area contributed by atoms with Gasteiger partial charge in [0.1, 0.15) is 11.5 Å². The predicted molar refractivity (Wildman–Crippen MR) is 95.6 cm³/mol. The highest BCUT2D eigenvalue weighted by atomic mass is 16.5. The van der Waals surface area contributed by atoms with Crippen molar-refractivity contribution in [2.24, 2.45) is 0 Å². The van der Waals surface area contributed by atoms with Crippen LogP contribution in [0.3, 0.4) is 0 Å². The van der Waals surface area contributed by atoms with Crippen molar-refractivity contribution in [3.63, 3.8) is 0 Å². The van der Waals surface area contributed by atoms with Gasteiger partial charge in [0.15, 0.2) is 0 Å². The van der Waals surface area contributed by atoms with Gasteiger partial charge in [-0.05, 0) is 25.0 Å². The fraction of sp³-hybridized carbons (Fsp3) is 0.611. The zero-order valence-electron chi connectivity index (χ0n) is 15.0. The van der Waals surface area contributed by atoms with Crippen molar-refractivity contribution in [1.82, 2.24) is 9.80 Å². The highest BCUT2D eigenvalue weighted by Crippen LogP contribution is 2.29. The van der Waals surface area contributed by atoms with Crippen LogP contribution in [0.1, 0.15) is 12.8 Å². The maximum atomic E-state index is 12.7. The van der Waals surface area contributed by atoms with E-state index in [2.05, 4.69) is 10.2 Å². The Bertz CT molecular complexity index is 590. The third kappa shape index (κ3) is 4.35. The molecule has 25 heavy (non-hydrogen) atoms. The molecule has 7 nitrogen and oxygen atoms in total. The number of likely N-dealkylation sites (tertiary alicyclic amines) is 1. The number of morpholine rings is 1. The van der Waals surface area contributed by atoms with Crippen molar-refractivity contribution >= 4 is 11.7 Å². The first-order chi connectivity index (χ1) is 12.2. The minimum Gasteiger partial charge on any atom is -0.497 e. The summed E-state index contributed by atoms with van der Waals surface area (Å²) in [6.45, 7) is 5.01. The number of piperidine rings is 1. The standard InChI is InChI=1S/C18H27N3O4/c1-23-15-5-6-16(17(12-15)24-2)19-18(22)21-7-3-4-14(13-21)20-8-10-25-11-9-20/h5-6,12,14H,3-4,7-11,13H2,1-2H3,(H,19,22). The van der Waals surface area contributed by atoms with Crippen molar-refractivity contribution in [1.29, 1.82) is 0 Å². The molecule has 2 aliphatic rings. The summed E-state index contributed by atoms with van der Waals surface area (Å²) in [5.41, 5.74) is 0.654. The Morgan fingerprint density at radius 3 is 2.72 bits per heavy atom. The summed E-state index contributed by atoms with van der Waals surface area (Å²) < 4.78 is 16.0. The lowest BCUT2D eigenvalue weighted by Gasteiger charge is -2.40. The minimum absolute atomic E-state index is 0.0820. The third-order valence-electron chi connectivity index (χ3n) is 4.90. The fourth-order valence-electron chi connectivity index (χ4n) is 3.48. The average molecular weight is 349 g/mol. The SMILES string of the molecule is COc1ccc(NC(=O)N2CCCC(N3CCOCC3)C2)c(OC)c1. The van der Waals surface area contributed by atoms with Gasteiger partial charge in [-0.3, -0.25) is 4.90 Å². The Hall–Kier alpha value is -1.99. The number of ether oxygens (including phenoxy) is 3. The molecule has 1 N–H and O–H groups in total. The van der Waals surface area contributed by atoms with E-state index in [1.807, 2.05) is 11.0 Å². The molecule has 0 spiro atoms. The molecule has 0 saturated carbocycles. The van der Waals surface area contributed by atoms with E-state index in [4.69, 9.17) is 14.2 Å². The molecule has 1 unspecified atom stereocenters. The number of urea groups is 1. The maximum Gasteiger partial charge on any atom is 0.322 e. The monoisotopic (exact) mass is 349 g/mol. The van der Waals surface area contributed by atoms with E-state index in [0.29, 0.717) is 23.2 Å². The summed E-state index contributed by atoms with van der Waals surface area (Å²) in [6.07, 6.45) is 2.16. The van der Waals surface area contributed by atoms with E-state index < -0.39 is 0 Å². The summed E-state index contributed by atoms with van der Waals surface area (Å²) in [7, 11) is 3.19. The first-order valence-corrected chi connectivity index (χ1v) is 8.81. The minimum atomic E-state index is -0.0820. The van der Waals surface area contributed by atoms with E-state index in [0.717, 1.165) is 52.2 Å². The maximum absolute atomic E-state index is 12.7. The number of hydrogen-bond donors (Lipinski definition) is 1. The molecule has 0 aliphatic carbocycles.